The monoisotopic (exact) mass is 781 g/mol. The number of nitrogens with one attached hydrogen (secondary N) is 3. The van der Waals surface area contributed by atoms with E-state index in [1.165, 1.54) is 0 Å². The molecule has 13 heteroatoms. The molecule has 2 amide bonds. The number of likely N-dealkylation sites (tertiary alicyclic amines) is 1. The number of phenols is 1. The molecule has 58 heavy (non-hydrogen) atoms. The number of piperidine rings is 1. The summed E-state index contributed by atoms with van der Waals surface area (Å²) in [7, 11) is 1.98. The number of para-hydroxylation sites is 1. The van der Waals surface area contributed by atoms with E-state index in [1.807, 2.05) is 86.3 Å². The lowest BCUT2D eigenvalue weighted by Gasteiger charge is -2.34. The largest absolute Gasteiger partial charge is 0.508 e. The summed E-state index contributed by atoms with van der Waals surface area (Å²) >= 11 is 0. The molecule has 3 heterocycles. The fourth-order valence-electron chi connectivity index (χ4n) is 8.08. The van der Waals surface area contributed by atoms with Gasteiger partial charge in [-0.3, -0.25) is 15.0 Å². The van der Waals surface area contributed by atoms with Crippen LogP contribution in [0.3, 0.4) is 0 Å². The van der Waals surface area contributed by atoms with Crippen LogP contribution in [0.4, 0.5) is 0 Å². The van der Waals surface area contributed by atoms with E-state index in [-0.39, 0.29) is 29.9 Å². The summed E-state index contributed by atoms with van der Waals surface area (Å²) < 4.78 is 7.96. The number of benzene rings is 4. The third-order valence-electron chi connectivity index (χ3n) is 11.3. The number of carbonyl (C=O) groups is 2. The van der Waals surface area contributed by atoms with Gasteiger partial charge in [0.25, 0.3) is 0 Å². The van der Waals surface area contributed by atoms with E-state index in [0.29, 0.717) is 44.6 Å². The van der Waals surface area contributed by atoms with Crippen LogP contribution in [0.25, 0.3) is 22.0 Å². The number of phenolic OH excluding ortho intramolecular Hbond substituents is 1. The van der Waals surface area contributed by atoms with Gasteiger partial charge in [-0.05, 0) is 89.8 Å². The zero-order valence-electron chi connectivity index (χ0n) is 33.1. The van der Waals surface area contributed by atoms with Crippen molar-refractivity contribution >= 4 is 28.7 Å². The summed E-state index contributed by atoms with van der Waals surface area (Å²) in [4.78, 5) is 35.1. The van der Waals surface area contributed by atoms with Gasteiger partial charge in [0.2, 0.25) is 17.7 Å². The molecule has 7 rings (SSSR count). The molecule has 1 unspecified atom stereocenters. The van der Waals surface area contributed by atoms with E-state index in [4.69, 9.17) is 26.4 Å². The molecule has 6 aromatic rings. The number of amides is 2. The number of aryl methyl sites for hydroxylation is 3. The highest BCUT2D eigenvalue weighted by Gasteiger charge is 2.34. The molecule has 13 nitrogen and oxygen atoms in total. The smallest absolute Gasteiger partial charge is 0.249 e. The molecule has 1 aliphatic rings. The van der Waals surface area contributed by atoms with Crippen molar-refractivity contribution in [3.8, 4) is 16.9 Å². The molecule has 0 saturated carbocycles. The van der Waals surface area contributed by atoms with Crippen LogP contribution in [-0.2, 0) is 35.9 Å². The topological polar surface area (TPSA) is 201 Å². The molecular formula is C45H51N9O4. The van der Waals surface area contributed by atoms with Crippen molar-refractivity contribution in [1.29, 1.82) is 5.41 Å². The van der Waals surface area contributed by atoms with Crippen molar-refractivity contribution < 1.29 is 19.2 Å². The molecule has 1 fully saturated rings. The summed E-state index contributed by atoms with van der Waals surface area (Å²) in [6, 6.07) is 27.1. The summed E-state index contributed by atoms with van der Waals surface area (Å²) in [6.07, 6.45) is 4.13. The van der Waals surface area contributed by atoms with Crippen molar-refractivity contribution in [1.82, 2.24) is 30.2 Å². The predicted octanol–water partition coefficient (Wildman–Crippen LogP) is 5.20. The predicted molar refractivity (Wildman–Crippen MR) is 224 cm³/mol. The van der Waals surface area contributed by atoms with Crippen molar-refractivity contribution in [2.75, 3.05) is 13.1 Å². The van der Waals surface area contributed by atoms with E-state index in [1.54, 1.807) is 17.0 Å². The van der Waals surface area contributed by atoms with Gasteiger partial charge in [0.05, 0.1) is 6.04 Å². The van der Waals surface area contributed by atoms with Crippen molar-refractivity contribution in [2.24, 2.45) is 24.4 Å². The van der Waals surface area contributed by atoms with Crippen molar-refractivity contribution in [2.45, 2.75) is 64.1 Å². The molecular weight excluding hydrogens is 731 g/mol. The number of guanidine groups is 1. The quantitative estimate of drug-likeness (QED) is 0.0673. The molecule has 4 aromatic carbocycles. The van der Waals surface area contributed by atoms with Crippen LogP contribution in [0.15, 0.2) is 102 Å². The molecule has 0 radical (unpaired) electrons. The van der Waals surface area contributed by atoms with E-state index < -0.39 is 29.9 Å². The minimum atomic E-state index is -1.03. The first-order chi connectivity index (χ1) is 27.9. The third-order valence-corrected chi connectivity index (χ3v) is 11.3. The Morgan fingerprint density at radius 2 is 1.57 bits per heavy atom. The maximum atomic E-state index is 14.6. The SMILES string of the molecule is Cc1cc(O)cc(C)c1C[C@H](NC(=O)C(N)C1CCN(C(=N)N)CC1)C(=O)N[C@@H](Cc1cn(C)c2ccccc12)c1nc(Cc2ccc(-c3ccccc3)cc2)no1. The number of rotatable bonds is 13. The van der Waals surface area contributed by atoms with Gasteiger partial charge in [-0.2, -0.15) is 4.98 Å². The lowest BCUT2D eigenvalue weighted by Crippen LogP contribution is -2.56. The second kappa shape index (κ2) is 17.3. The van der Waals surface area contributed by atoms with Crippen LogP contribution in [0, 0.1) is 25.2 Å². The minimum Gasteiger partial charge on any atom is -0.508 e. The summed E-state index contributed by atoms with van der Waals surface area (Å²) in [6.45, 7) is 4.79. The van der Waals surface area contributed by atoms with Crippen LogP contribution < -0.4 is 22.1 Å². The van der Waals surface area contributed by atoms with Gasteiger partial charge in [0, 0.05) is 56.5 Å². The summed E-state index contributed by atoms with van der Waals surface area (Å²) in [5.41, 5.74) is 19.9. The van der Waals surface area contributed by atoms with Crippen molar-refractivity contribution in [3.05, 3.63) is 137 Å². The van der Waals surface area contributed by atoms with Gasteiger partial charge in [-0.25, -0.2) is 0 Å². The first kappa shape index (κ1) is 39.8. The van der Waals surface area contributed by atoms with Gasteiger partial charge < -0.3 is 41.2 Å². The van der Waals surface area contributed by atoms with Gasteiger partial charge in [0.1, 0.15) is 17.8 Å². The van der Waals surface area contributed by atoms with E-state index in [9.17, 15) is 14.7 Å². The van der Waals surface area contributed by atoms with Gasteiger partial charge in [-0.1, -0.05) is 78.0 Å². The number of fused-ring (bicyclic) bond motifs is 1. The highest BCUT2D eigenvalue weighted by atomic mass is 16.5. The normalized spacial score (nSPS) is 14.9. The molecule has 1 aliphatic heterocycles. The molecule has 8 N–H and O–H groups in total. The number of aromatic nitrogens is 3. The average Bonchev–Trinajstić information content (AvgIpc) is 3.82. The zero-order chi connectivity index (χ0) is 40.9. The first-order valence-electron chi connectivity index (χ1n) is 19.7. The number of aromatic hydroxyl groups is 1. The van der Waals surface area contributed by atoms with Gasteiger partial charge in [0.15, 0.2) is 11.8 Å². The minimum absolute atomic E-state index is 0.00300. The number of nitrogens with zero attached hydrogens (tertiary/aromatic N) is 4. The Labute approximate surface area is 337 Å². The molecule has 0 aliphatic carbocycles. The number of hydrogen-bond acceptors (Lipinski definition) is 8. The molecule has 3 atom stereocenters. The lowest BCUT2D eigenvalue weighted by atomic mass is 9.89. The van der Waals surface area contributed by atoms with Gasteiger partial charge >= 0.3 is 0 Å². The lowest BCUT2D eigenvalue weighted by molar-refractivity contribution is -0.131. The summed E-state index contributed by atoms with van der Waals surface area (Å²) in [5, 5.41) is 29.6. The van der Waals surface area contributed by atoms with E-state index in [2.05, 4.69) is 40.1 Å². The fraction of sp³-hybridized carbons (Fsp3) is 0.311. The standard InChI is InChI=1S/C45H51N9O4/c1-27-21-34(55)22-28(2)36(27)25-37(49-43(57)41(46)32-17-19-54(20-18-32)45(47)48)42(56)50-38(24-33-26-53(3)39-12-8-7-11-35(33)39)44-51-40(52-58-44)23-29-13-15-31(16-14-29)30-9-5-4-6-10-30/h4-16,21-22,26,32,37-38,41,55H,17-20,23-25,46H2,1-3H3,(H3,47,48)(H,49,57)(H,50,56)/t37-,38-,41?/m0/s1. The Balaban J connectivity index is 1.16. The van der Waals surface area contributed by atoms with Crippen LogP contribution >= 0.6 is 0 Å². The molecule has 2 aromatic heterocycles. The second-order valence-electron chi connectivity index (χ2n) is 15.4. The second-order valence-corrected chi connectivity index (χ2v) is 15.4. The van der Waals surface area contributed by atoms with Crippen LogP contribution in [0.1, 0.15) is 58.4 Å². The van der Waals surface area contributed by atoms with E-state index in [0.717, 1.165) is 49.8 Å². The Hall–Kier alpha value is -6.47. The van der Waals surface area contributed by atoms with Gasteiger partial charge in [-0.15, -0.1) is 0 Å². The molecule has 0 bridgehead atoms. The number of carbonyl (C=O) groups excluding carboxylic acids is 2. The Bertz CT molecular complexity index is 2380. The molecule has 300 valence electrons. The number of nitrogens with two attached hydrogens (primary N) is 2. The third kappa shape index (κ3) is 9.05. The van der Waals surface area contributed by atoms with Crippen LogP contribution in [0.5, 0.6) is 5.75 Å². The highest BCUT2D eigenvalue weighted by Crippen LogP contribution is 2.28. The Morgan fingerprint density at radius 3 is 2.26 bits per heavy atom. The average molecular weight is 782 g/mol. The molecule has 1 saturated heterocycles. The maximum Gasteiger partial charge on any atom is 0.249 e. The molecule has 0 spiro atoms. The number of hydrogen-bond donors (Lipinski definition) is 6. The Kier molecular flexibility index (Phi) is 11.9. The van der Waals surface area contributed by atoms with Crippen LogP contribution in [0.2, 0.25) is 0 Å². The fourth-order valence-corrected chi connectivity index (χ4v) is 8.08. The van der Waals surface area contributed by atoms with E-state index >= 15 is 0 Å². The van der Waals surface area contributed by atoms with Crippen molar-refractivity contribution in [3.63, 3.8) is 0 Å². The van der Waals surface area contributed by atoms with Crippen LogP contribution in [-0.4, -0.2) is 67.7 Å². The highest BCUT2D eigenvalue weighted by molar-refractivity contribution is 5.90. The first-order valence-corrected chi connectivity index (χ1v) is 19.7. The summed E-state index contributed by atoms with van der Waals surface area (Å²) in [5.74, 6) is -0.203. The zero-order valence-corrected chi connectivity index (χ0v) is 33.1. The Morgan fingerprint density at radius 1 is 0.914 bits per heavy atom. The maximum absolute atomic E-state index is 14.6.